The fourth-order valence-corrected chi connectivity index (χ4v) is 2.76. The van der Waals surface area contributed by atoms with Crippen LogP contribution in [0.3, 0.4) is 0 Å². The Hall–Kier alpha value is -1.36. The lowest BCUT2D eigenvalue weighted by Crippen LogP contribution is -2.50. The third-order valence-corrected chi connectivity index (χ3v) is 3.98. The Morgan fingerprint density at radius 1 is 1.50 bits per heavy atom. The summed E-state index contributed by atoms with van der Waals surface area (Å²) in [4.78, 5) is 12.6. The molecule has 1 aromatic rings. The molecule has 1 aromatic heterocycles. The van der Waals surface area contributed by atoms with E-state index in [-0.39, 0.29) is 11.3 Å². The van der Waals surface area contributed by atoms with Gasteiger partial charge < -0.3 is 10.6 Å². The van der Waals surface area contributed by atoms with Crippen LogP contribution in [0.15, 0.2) is 6.07 Å². The van der Waals surface area contributed by atoms with Crippen molar-refractivity contribution in [2.45, 2.75) is 64.3 Å². The number of hydrogen-bond acceptors (Lipinski definition) is 3. The largest absolute Gasteiger partial charge is 0.308 e. The molecule has 20 heavy (non-hydrogen) atoms. The van der Waals surface area contributed by atoms with E-state index < -0.39 is 5.54 Å². The van der Waals surface area contributed by atoms with E-state index in [1.165, 1.54) is 0 Å². The molecule has 1 aliphatic rings. The molecule has 5 heteroatoms. The lowest BCUT2D eigenvalue weighted by molar-refractivity contribution is -0.122. The maximum atomic E-state index is 12.6. The topological polar surface area (TPSA) is 69.8 Å². The van der Waals surface area contributed by atoms with Crippen LogP contribution < -0.4 is 10.6 Å². The molecule has 3 N–H and O–H groups in total. The van der Waals surface area contributed by atoms with Gasteiger partial charge in [-0.3, -0.25) is 9.89 Å². The molecule has 0 aliphatic carbocycles. The number of nitrogens with zero attached hydrogens (tertiary/aromatic N) is 1. The highest BCUT2D eigenvalue weighted by Gasteiger charge is 2.40. The second kappa shape index (κ2) is 5.56. The van der Waals surface area contributed by atoms with Gasteiger partial charge in [-0.25, -0.2) is 0 Å². The zero-order valence-corrected chi connectivity index (χ0v) is 13.0. The predicted molar refractivity (Wildman–Crippen MR) is 80.8 cm³/mol. The van der Waals surface area contributed by atoms with E-state index in [4.69, 9.17) is 0 Å². The van der Waals surface area contributed by atoms with Crippen LogP contribution in [-0.4, -0.2) is 28.2 Å². The number of carbonyl (C=O) groups excluding carboxylic acids is 1. The molecule has 5 nitrogen and oxygen atoms in total. The SMILES string of the molecule is CCCC1(C(=O)Nc2cc(C(C)(C)C)[nH]n2)CCCN1. The van der Waals surface area contributed by atoms with Gasteiger partial charge in [-0.1, -0.05) is 34.1 Å². The standard InChI is InChI=1S/C15H26N4O/c1-5-7-15(8-6-9-16-15)13(20)17-12-10-11(18-19-12)14(2,3)4/h10,16H,5-9H2,1-4H3,(H2,17,18,19,20). The van der Waals surface area contributed by atoms with Gasteiger partial charge in [0.25, 0.3) is 0 Å². The molecule has 2 heterocycles. The monoisotopic (exact) mass is 278 g/mol. The second-order valence-corrected chi connectivity index (χ2v) is 6.73. The van der Waals surface area contributed by atoms with Crippen LogP contribution in [0.5, 0.6) is 0 Å². The lowest BCUT2D eigenvalue weighted by atomic mass is 9.90. The van der Waals surface area contributed by atoms with Gasteiger partial charge in [-0.15, -0.1) is 0 Å². The van der Waals surface area contributed by atoms with E-state index in [9.17, 15) is 4.79 Å². The van der Waals surface area contributed by atoms with Gasteiger partial charge in [0, 0.05) is 17.2 Å². The molecule has 1 unspecified atom stereocenters. The Kier molecular flexibility index (Phi) is 4.18. The molecule has 1 aliphatic heterocycles. The van der Waals surface area contributed by atoms with Crippen molar-refractivity contribution in [1.82, 2.24) is 15.5 Å². The first-order chi connectivity index (χ1) is 9.37. The maximum Gasteiger partial charge on any atom is 0.245 e. The summed E-state index contributed by atoms with van der Waals surface area (Å²) < 4.78 is 0. The molecule has 1 saturated heterocycles. The van der Waals surface area contributed by atoms with Gasteiger partial charge in [0.2, 0.25) is 5.91 Å². The van der Waals surface area contributed by atoms with Crippen molar-refractivity contribution in [3.63, 3.8) is 0 Å². The molecule has 1 atom stereocenters. The molecule has 0 saturated carbocycles. The summed E-state index contributed by atoms with van der Waals surface area (Å²) in [6.07, 6.45) is 3.83. The fraction of sp³-hybridized carbons (Fsp3) is 0.733. The molecule has 0 spiro atoms. The van der Waals surface area contributed by atoms with Crippen LogP contribution in [0.4, 0.5) is 5.82 Å². The summed E-state index contributed by atoms with van der Waals surface area (Å²) in [7, 11) is 0. The molecule has 0 radical (unpaired) electrons. The van der Waals surface area contributed by atoms with Crippen molar-refractivity contribution in [3.8, 4) is 0 Å². The quantitative estimate of drug-likeness (QED) is 0.793. The number of aromatic amines is 1. The minimum atomic E-state index is -0.407. The van der Waals surface area contributed by atoms with E-state index in [2.05, 4.69) is 48.5 Å². The first kappa shape index (κ1) is 15.0. The summed E-state index contributed by atoms with van der Waals surface area (Å²) >= 11 is 0. The van der Waals surface area contributed by atoms with Crippen LogP contribution in [0, 0.1) is 0 Å². The smallest absolute Gasteiger partial charge is 0.245 e. The third-order valence-electron chi connectivity index (χ3n) is 3.98. The molecule has 0 aromatic carbocycles. The summed E-state index contributed by atoms with van der Waals surface area (Å²) in [5.74, 6) is 0.660. The Balaban J connectivity index is 2.09. The first-order valence-electron chi connectivity index (χ1n) is 7.50. The van der Waals surface area contributed by atoms with E-state index in [1.54, 1.807) is 0 Å². The number of anilines is 1. The van der Waals surface area contributed by atoms with Gasteiger partial charge in [0.15, 0.2) is 5.82 Å². The van der Waals surface area contributed by atoms with Crippen LogP contribution in [0.25, 0.3) is 0 Å². The van der Waals surface area contributed by atoms with Gasteiger partial charge >= 0.3 is 0 Å². The van der Waals surface area contributed by atoms with Crippen molar-refractivity contribution in [2.75, 3.05) is 11.9 Å². The van der Waals surface area contributed by atoms with E-state index >= 15 is 0 Å². The number of H-pyrrole nitrogens is 1. The van der Waals surface area contributed by atoms with E-state index in [0.717, 1.165) is 37.9 Å². The Morgan fingerprint density at radius 2 is 2.25 bits per heavy atom. The first-order valence-corrected chi connectivity index (χ1v) is 7.50. The number of rotatable bonds is 4. The predicted octanol–water partition coefficient (Wildman–Crippen LogP) is 2.57. The molecule has 1 fully saturated rings. The van der Waals surface area contributed by atoms with Crippen molar-refractivity contribution >= 4 is 11.7 Å². The summed E-state index contributed by atoms with van der Waals surface area (Å²) in [6, 6.07) is 1.92. The summed E-state index contributed by atoms with van der Waals surface area (Å²) in [6.45, 7) is 9.37. The van der Waals surface area contributed by atoms with Crippen molar-refractivity contribution in [1.29, 1.82) is 0 Å². The highest BCUT2D eigenvalue weighted by atomic mass is 16.2. The fourth-order valence-electron chi connectivity index (χ4n) is 2.76. The zero-order chi connectivity index (χ0) is 14.8. The Morgan fingerprint density at radius 3 is 2.75 bits per heavy atom. The van der Waals surface area contributed by atoms with Gasteiger partial charge in [-0.05, 0) is 25.8 Å². The van der Waals surface area contributed by atoms with Gasteiger partial charge in [0.1, 0.15) is 0 Å². The Bertz CT molecular complexity index is 466. The maximum absolute atomic E-state index is 12.6. The van der Waals surface area contributed by atoms with Crippen molar-refractivity contribution in [3.05, 3.63) is 11.8 Å². The normalized spacial score (nSPS) is 23.0. The van der Waals surface area contributed by atoms with Crippen molar-refractivity contribution < 1.29 is 4.79 Å². The Labute approximate surface area is 120 Å². The highest BCUT2D eigenvalue weighted by Crippen LogP contribution is 2.27. The van der Waals surface area contributed by atoms with E-state index in [0.29, 0.717) is 5.82 Å². The minimum Gasteiger partial charge on any atom is -0.308 e. The average Bonchev–Trinajstić information content (AvgIpc) is 2.98. The molecule has 112 valence electrons. The lowest BCUT2D eigenvalue weighted by Gasteiger charge is -2.27. The zero-order valence-electron chi connectivity index (χ0n) is 13.0. The van der Waals surface area contributed by atoms with E-state index in [1.807, 2.05) is 6.07 Å². The number of nitrogens with one attached hydrogen (secondary N) is 3. The molecular weight excluding hydrogens is 252 g/mol. The van der Waals surface area contributed by atoms with Gasteiger partial charge in [-0.2, -0.15) is 5.10 Å². The number of hydrogen-bond donors (Lipinski definition) is 3. The minimum absolute atomic E-state index is 0.00267. The second-order valence-electron chi connectivity index (χ2n) is 6.73. The van der Waals surface area contributed by atoms with Crippen LogP contribution in [-0.2, 0) is 10.2 Å². The summed E-state index contributed by atoms with van der Waals surface area (Å²) in [5, 5.41) is 13.5. The third kappa shape index (κ3) is 3.03. The molecular formula is C15H26N4O. The van der Waals surface area contributed by atoms with Crippen LogP contribution in [0.1, 0.15) is 59.1 Å². The summed E-state index contributed by atoms with van der Waals surface area (Å²) in [5.41, 5.74) is 0.620. The van der Waals surface area contributed by atoms with Gasteiger partial charge in [0.05, 0.1) is 5.54 Å². The average molecular weight is 278 g/mol. The molecule has 1 amide bonds. The highest BCUT2D eigenvalue weighted by molar-refractivity contribution is 5.97. The number of amides is 1. The van der Waals surface area contributed by atoms with Crippen LogP contribution >= 0.6 is 0 Å². The van der Waals surface area contributed by atoms with Crippen LogP contribution in [0.2, 0.25) is 0 Å². The van der Waals surface area contributed by atoms with Crippen molar-refractivity contribution in [2.24, 2.45) is 0 Å². The molecule has 2 rings (SSSR count). The molecule has 0 bridgehead atoms. The number of aromatic nitrogens is 2. The number of carbonyl (C=O) groups is 1.